The first-order valence-corrected chi connectivity index (χ1v) is 15.7. The second-order valence-electron chi connectivity index (χ2n) is 11.7. The Bertz CT molecular complexity index is 2440. The number of hydrogen-bond donors (Lipinski definition) is 0. The van der Waals surface area contributed by atoms with Crippen LogP contribution in [0.2, 0.25) is 0 Å². The van der Waals surface area contributed by atoms with E-state index in [1.165, 1.54) is 16.7 Å². The lowest BCUT2D eigenvalue weighted by atomic mass is 9.94. The molecule has 0 amide bonds. The Morgan fingerprint density at radius 1 is 0.383 bits per heavy atom. The van der Waals surface area contributed by atoms with Gasteiger partial charge in [0.15, 0.2) is 17.5 Å². The van der Waals surface area contributed by atoms with Gasteiger partial charge in [-0.15, -0.1) is 0 Å². The van der Waals surface area contributed by atoms with Crippen molar-refractivity contribution in [3.05, 3.63) is 163 Å². The molecule has 0 N–H and O–H groups in total. The Labute approximate surface area is 272 Å². The second kappa shape index (κ2) is 11.2. The summed E-state index contributed by atoms with van der Waals surface area (Å²) in [6.07, 6.45) is 2.50. The van der Waals surface area contributed by atoms with Crippen molar-refractivity contribution < 1.29 is 0 Å². The number of benzene rings is 6. The molecule has 2 heterocycles. The van der Waals surface area contributed by atoms with Gasteiger partial charge in [-0.05, 0) is 39.6 Å². The number of aromatic nitrogens is 5. The maximum absolute atomic E-state index is 5.12. The maximum atomic E-state index is 5.12. The topological polar surface area (TPSA) is 64.5 Å². The van der Waals surface area contributed by atoms with Crippen LogP contribution in [0.3, 0.4) is 0 Å². The van der Waals surface area contributed by atoms with Gasteiger partial charge in [-0.1, -0.05) is 133 Å². The quantitative estimate of drug-likeness (QED) is 0.197. The third-order valence-electron chi connectivity index (χ3n) is 8.90. The largest absolute Gasteiger partial charge is 0.236 e. The first kappa shape index (κ1) is 27.0. The zero-order valence-electron chi connectivity index (χ0n) is 25.4. The fraction of sp³-hybridized carbons (Fsp3) is 0.0238. The summed E-state index contributed by atoms with van der Waals surface area (Å²) in [7, 11) is 0. The van der Waals surface area contributed by atoms with Gasteiger partial charge in [-0.2, -0.15) is 0 Å². The molecule has 0 atom stereocenters. The average molecular weight is 602 g/mol. The van der Waals surface area contributed by atoms with E-state index in [0.29, 0.717) is 17.5 Å². The molecule has 0 fully saturated rings. The molecule has 0 bridgehead atoms. The van der Waals surface area contributed by atoms with Crippen LogP contribution in [-0.2, 0) is 6.42 Å². The smallest absolute Gasteiger partial charge is 0.164 e. The Balaban J connectivity index is 1.22. The van der Waals surface area contributed by atoms with Crippen LogP contribution >= 0.6 is 0 Å². The average Bonchev–Trinajstić information content (AvgIpc) is 3.54. The van der Waals surface area contributed by atoms with Crippen molar-refractivity contribution in [3.63, 3.8) is 0 Å². The van der Waals surface area contributed by atoms with E-state index >= 15 is 0 Å². The van der Waals surface area contributed by atoms with E-state index in [1.54, 1.807) is 6.33 Å². The first-order valence-electron chi connectivity index (χ1n) is 15.7. The maximum Gasteiger partial charge on any atom is 0.164 e. The van der Waals surface area contributed by atoms with Gasteiger partial charge in [0.1, 0.15) is 6.33 Å². The number of hydrogen-bond acceptors (Lipinski definition) is 5. The molecule has 0 spiro atoms. The zero-order valence-corrected chi connectivity index (χ0v) is 25.4. The van der Waals surface area contributed by atoms with Crippen LogP contribution < -0.4 is 0 Å². The molecule has 9 rings (SSSR count). The van der Waals surface area contributed by atoms with Crippen molar-refractivity contribution in [3.8, 4) is 67.8 Å². The molecule has 2 aromatic heterocycles. The highest BCUT2D eigenvalue weighted by atomic mass is 15.0. The van der Waals surface area contributed by atoms with Crippen LogP contribution in [0.15, 0.2) is 152 Å². The molecule has 8 aromatic rings. The summed E-state index contributed by atoms with van der Waals surface area (Å²) in [6, 6.07) is 50.1. The Hall–Kier alpha value is -6.33. The Morgan fingerprint density at radius 3 is 1.72 bits per heavy atom. The molecule has 6 aromatic carbocycles. The Kier molecular flexibility index (Phi) is 6.46. The van der Waals surface area contributed by atoms with E-state index in [2.05, 4.69) is 109 Å². The van der Waals surface area contributed by atoms with Gasteiger partial charge in [0, 0.05) is 39.8 Å². The number of fused-ring (bicyclic) bond motifs is 4. The second-order valence-corrected chi connectivity index (χ2v) is 11.7. The van der Waals surface area contributed by atoms with E-state index in [4.69, 9.17) is 24.9 Å². The van der Waals surface area contributed by atoms with Gasteiger partial charge >= 0.3 is 0 Å². The van der Waals surface area contributed by atoms with E-state index in [-0.39, 0.29) is 0 Å². The van der Waals surface area contributed by atoms with Gasteiger partial charge in [0.05, 0.1) is 11.4 Å². The molecule has 47 heavy (non-hydrogen) atoms. The summed E-state index contributed by atoms with van der Waals surface area (Å²) >= 11 is 0. The SMILES string of the molecule is c1ccc(-c2cccc(-c3nc(-c4ccccc4)nc(-c4ccc(-c5ncnc6c5Cc5ccccc5-6)c5ccccc45)n3)c2)cc1. The molecule has 0 aliphatic heterocycles. The van der Waals surface area contributed by atoms with E-state index in [0.717, 1.165) is 62.0 Å². The van der Waals surface area contributed by atoms with Gasteiger partial charge < -0.3 is 0 Å². The lowest BCUT2D eigenvalue weighted by molar-refractivity contribution is 1.08. The predicted molar refractivity (Wildman–Crippen MR) is 188 cm³/mol. The summed E-state index contributed by atoms with van der Waals surface area (Å²) < 4.78 is 0. The van der Waals surface area contributed by atoms with Crippen molar-refractivity contribution in [2.75, 3.05) is 0 Å². The molecule has 0 unspecified atom stereocenters. The van der Waals surface area contributed by atoms with Gasteiger partial charge in [-0.25, -0.2) is 24.9 Å². The molecule has 1 aliphatic carbocycles. The first-order chi connectivity index (χ1) is 23.3. The van der Waals surface area contributed by atoms with Crippen LogP contribution in [0.5, 0.6) is 0 Å². The molecular weight excluding hydrogens is 574 g/mol. The van der Waals surface area contributed by atoms with Crippen LogP contribution in [-0.4, -0.2) is 24.9 Å². The third kappa shape index (κ3) is 4.77. The molecule has 0 saturated heterocycles. The fourth-order valence-electron chi connectivity index (χ4n) is 6.65. The number of nitrogens with zero attached hydrogens (tertiary/aromatic N) is 5. The van der Waals surface area contributed by atoms with Crippen LogP contribution in [0.4, 0.5) is 0 Å². The summed E-state index contributed by atoms with van der Waals surface area (Å²) in [5, 5.41) is 2.15. The fourth-order valence-corrected chi connectivity index (χ4v) is 6.65. The summed E-state index contributed by atoms with van der Waals surface area (Å²) in [5.41, 5.74) is 11.8. The van der Waals surface area contributed by atoms with Crippen LogP contribution in [0, 0.1) is 0 Å². The number of rotatable bonds is 5. The van der Waals surface area contributed by atoms with Gasteiger partial charge in [0.25, 0.3) is 0 Å². The standard InChI is InChI=1S/C42H27N5/c1-3-12-27(13-4-1)29-17-11-18-31(24-29)41-45-40(28-14-5-2-6-15-28)46-42(47-41)36-23-22-35(33-20-9-10-21-34(33)36)39-37-25-30-16-7-8-19-32(30)38(37)43-26-44-39/h1-24,26H,25H2. The summed E-state index contributed by atoms with van der Waals surface area (Å²) in [4.78, 5) is 24.7. The monoisotopic (exact) mass is 601 g/mol. The molecule has 1 aliphatic rings. The van der Waals surface area contributed by atoms with E-state index in [1.807, 2.05) is 36.4 Å². The Morgan fingerprint density at radius 2 is 0.936 bits per heavy atom. The van der Waals surface area contributed by atoms with Crippen molar-refractivity contribution in [2.45, 2.75) is 6.42 Å². The van der Waals surface area contributed by atoms with Crippen molar-refractivity contribution in [1.82, 2.24) is 24.9 Å². The highest BCUT2D eigenvalue weighted by Crippen LogP contribution is 2.42. The van der Waals surface area contributed by atoms with Gasteiger partial charge in [0.2, 0.25) is 0 Å². The minimum Gasteiger partial charge on any atom is -0.236 e. The predicted octanol–water partition coefficient (Wildman–Crippen LogP) is 9.72. The van der Waals surface area contributed by atoms with Crippen LogP contribution in [0.1, 0.15) is 11.1 Å². The third-order valence-corrected chi connectivity index (χ3v) is 8.90. The van der Waals surface area contributed by atoms with E-state index < -0.39 is 0 Å². The molecule has 220 valence electrons. The van der Waals surface area contributed by atoms with Crippen molar-refractivity contribution in [2.24, 2.45) is 0 Å². The van der Waals surface area contributed by atoms with Crippen molar-refractivity contribution in [1.29, 1.82) is 0 Å². The highest BCUT2D eigenvalue weighted by Gasteiger charge is 2.25. The molecular formula is C42H27N5. The summed E-state index contributed by atoms with van der Waals surface area (Å²) in [6.45, 7) is 0. The lowest BCUT2D eigenvalue weighted by Crippen LogP contribution is -2.01. The van der Waals surface area contributed by atoms with E-state index in [9.17, 15) is 0 Å². The highest BCUT2D eigenvalue weighted by molar-refractivity contribution is 6.04. The normalized spacial score (nSPS) is 11.7. The minimum absolute atomic E-state index is 0.627. The molecule has 5 heteroatoms. The lowest BCUT2D eigenvalue weighted by Gasteiger charge is -2.14. The zero-order chi connectivity index (χ0) is 31.2. The van der Waals surface area contributed by atoms with Crippen molar-refractivity contribution >= 4 is 10.8 Å². The summed E-state index contributed by atoms with van der Waals surface area (Å²) in [5.74, 6) is 1.89. The minimum atomic E-state index is 0.627. The van der Waals surface area contributed by atoms with Gasteiger partial charge in [-0.3, -0.25) is 0 Å². The molecule has 0 saturated carbocycles. The molecule has 0 radical (unpaired) electrons. The molecule has 5 nitrogen and oxygen atoms in total. The van der Waals surface area contributed by atoms with Crippen LogP contribution in [0.25, 0.3) is 78.6 Å².